The van der Waals surface area contributed by atoms with E-state index in [0.29, 0.717) is 0 Å². The highest BCUT2D eigenvalue weighted by molar-refractivity contribution is 7.31. The van der Waals surface area contributed by atoms with Crippen molar-refractivity contribution in [1.29, 1.82) is 0 Å². The molecule has 0 atom stereocenters. The van der Waals surface area contributed by atoms with Crippen LogP contribution in [-0.4, -0.2) is 6.61 Å². The van der Waals surface area contributed by atoms with Crippen molar-refractivity contribution in [1.82, 2.24) is 0 Å². The molecule has 46 valence electrons. The Morgan fingerprint density at radius 1 is 1.56 bits per heavy atom. The predicted molar refractivity (Wildman–Crippen MR) is 38.2 cm³/mol. The molecule has 0 amide bonds. The van der Waals surface area contributed by atoms with Crippen molar-refractivity contribution in [3.8, 4) is 5.48 Å². The van der Waals surface area contributed by atoms with Gasteiger partial charge in [-0.25, -0.2) is 0 Å². The molecule has 0 aromatic carbocycles. The van der Waals surface area contributed by atoms with Crippen LogP contribution in [0.2, 0.25) is 0 Å². The molecule has 0 saturated carbocycles. The second kappa shape index (κ2) is 2.00. The molecule has 1 aromatic heterocycles. The van der Waals surface area contributed by atoms with Crippen LogP contribution >= 0.6 is 8.19 Å². The Morgan fingerprint density at radius 3 is 3.44 bits per heavy atom. The minimum absolute atomic E-state index is 0.885. The summed E-state index contributed by atoms with van der Waals surface area (Å²) in [6.45, 7) is 0.885. The normalized spacial score (nSPS) is 15.6. The average molecular weight is 138 g/mol. The van der Waals surface area contributed by atoms with E-state index in [1.807, 2.05) is 0 Å². The smallest absolute Gasteiger partial charge is 0.148 e. The summed E-state index contributed by atoms with van der Waals surface area (Å²) in [5.41, 5.74) is 2.55. The van der Waals surface area contributed by atoms with Gasteiger partial charge in [0.1, 0.15) is 5.48 Å². The number of ether oxygens (including phenoxy) is 1. The first-order valence-electron chi connectivity index (χ1n) is 3.03. The maximum Gasteiger partial charge on any atom is 0.148 e. The molecule has 9 heavy (non-hydrogen) atoms. The molecule has 2 heterocycles. The highest BCUT2D eigenvalue weighted by Gasteiger charge is 2.09. The van der Waals surface area contributed by atoms with Crippen LogP contribution in [-0.2, 0) is 6.42 Å². The van der Waals surface area contributed by atoms with Crippen molar-refractivity contribution >= 4 is 8.19 Å². The van der Waals surface area contributed by atoms with Crippen molar-refractivity contribution in [2.45, 2.75) is 6.42 Å². The summed E-state index contributed by atoms with van der Waals surface area (Å²) < 4.78 is 5.34. The zero-order chi connectivity index (χ0) is 6.10. The Bertz CT molecular complexity index is 199. The molecule has 1 nitrogen and oxygen atoms in total. The number of rotatable bonds is 0. The Morgan fingerprint density at radius 2 is 2.56 bits per heavy atom. The minimum Gasteiger partial charge on any atom is -0.488 e. The lowest BCUT2D eigenvalue weighted by molar-refractivity contribution is 0.365. The van der Waals surface area contributed by atoms with E-state index in [2.05, 4.69) is 17.9 Å². The molecular weight excluding hydrogens is 131 g/mol. The molecular formula is C7H7OP. The van der Waals surface area contributed by atoms with Crippen LogP contribution in [0, 0.1) is 0 Å². The Hall–Kier alpha value is -0.550. The van der Waals surface area contributed by atoms with E-state index in [4.69, 9.17) is 4.74 Å². The zero-order valence-electron chi connectivity index (χ0n) is 5.00. The van der Waals surface area contributed by atoms with E-state index < -0.39 is 0 Å². The van der Waals surface area contributed by atoms with Gasteiger partial charge in [-0.2, -0.15) is 0 Å². The van der Waals surface area contributed by atoms with E-state index in [-0.39, 0.29) is 0 Å². The zero-order valence-corrected chi connectivity index (χ0v) is 5.90. The van der Waals surface area contributed by atoms with Gasteiger partial charge in [-0.1, -0.05) is 12.1 Å². The summed E-state index contributed by atoms with van der Waals surface area (Å²) in [6, 6.07) is 4.23. The summed E-state index contributed by atoms with van der Waals surface area (Å²) in [5.74, 6) is 2.10. The summed E-state index contributed by atoms with van der Waals surface area (Å²) in [6.07, 6.45) is 1.10. The van der Waals surface area contributed by atoms with Crippen LogP contribution in [0.25, 0.3) is 0 Å². The fourth-order valence-corrected chi connectivity index (χ4v) is 1.83. The quantitative estimate of drug-likeness (QED) is 0.534. The van der Waals surface area contributed by atoms with Gasteiger partial charge >= 0.3 is 0 Å². The SMILES string of the molecule is c1cpc2c(c1)CCO2. The lowest BCUT2D eigenvalue weighted by Crippen LogP contribution is -1.85. The van der Waals surface area contributed by atoms with Crippen LogP contribution in [0.5, 0.6) is 5.48 Å². The fourth-order valence-electron chi connectivity index (χ4n) is 1.00. The molecule has 0 unspecified atom stereocenters. The third-order valence-electron chi connectivity index (χ3n) is 1.46. The van der Waals surface area contributed by atoms with Crippen molar-refractivity contribution < 1.29 is 4.74 Å². The first-order valence-corrected chi connectivity index (χ1v) is 4.00. The molecule has 0 radical (unpaired) electrons. The van der Waals surface area contributed by atoms with Crippen molar-refractivity contribution in [2.24, 2.45) is 0 Å². The van der Waals surface area contributed by atoms with Gasteiger partial charge < -0.3 is 4.74 Å². The number of hydrogen-bond donors (Lipinski definition) is 0. The standard InChI is InChI=1S/C7H7OP/c1-2-6-3-4-8-7(6)9-5-1/h1-2,5H,3-4H2. The van der Waals surface area contributed by atoms with Gasteiger partial charge in [0.15, 0.2) is 0 Å². The van der Waals surface area contributed by atoms with Crippen LogP contribution in [0.4, 0.5) is 0 Å². The first kappa shape index (κ1) is 5.25. The highest BCUT2D eigenvalue weighted by Crippen LogP contribution is 2.32. The molecule has 0 aliphatic carbocycles. The second-order valence-corrected chi connectivity index (χ2v) is 3.03. The van der Waals surface area contributed by atoms with E-state index in [9.17, 15) is 0 Å². The monoisotopic (exact) mass is 138 g/mol. The molecule has 1 aliphatic rings. The van der Waals surface area contributed by atoms with E-state index in [0.717, 1.165) is 18.5 Å². The van der Waals surface area contributed by atoms with Gasteiger partial charge in [-0.3, -0.25) is 0 Å². The average Bonchev–Trinajstić information content (AvgIpc) is 2.33. The lowest BCUT2D eigenvalue weighted by Gasteiger charge is -1.92. The van der Waals surface area contributed by atoms with Crippen LogP contribution in [0.3, 0.4) is 0 Å². The van der Waals surface area contributed by atoms with Crippen molar-refractivity contribution in [3.63, 3.8) is 0 Å². The highest BCUT2D eigenvalue weighted by atomic mass is 31.0. The molecule has 2 rings (SSSR count). The molecule has 0 fully saturated rings. The van der Waals surface area contributed by atoms with Gasteiger partial charge in [0.25, 0.3) is 0 Å². The van der Waals surface area contributed by atoms with Crippen molar-refractivity contribution in [2.75, 3.05) is 6.61 Å². The maximum absolute atomic E-state index is 5.34. The number of fused-ring (bicyclic) bond motifs is 1. The van der Waals surface area contributed by atoms with Crippen LogP contribution in [0.1, 0.15) is 5.56 Å². The van der Waals surface area contributed by atoms with Crippen LogP contribution < -0.4 is 4.74 Å². The summed E-state index contributed by atoms with van der Waals surface area (Å²) in [5, 5.41) is 0. The Labute approximate surface area is 55.8 Å². The van der Waals surface area contributed by atoms with Gasteiger partial charge in [0.2, 0.25) is 0 Å². The van der Waals surface area contributed by atoms with E-state index in [1.54, 1.807) is 0 Å². The Kier molecular flexibility index (Phi) is 1.17. The van der Waals surface area contributed by atoms with Gasteiger partial charge in [0, 0.05) is 12.0 Å². The molecule has 0 N–H and O–H groups in total. The summed E-state index contributed by atoms with van der Waals surface area (Å²) >= 11 is 0. The summed E-state index contributed by atoms with van der Waals surface area (Å²) in [7, 11) is 1.23. The Balaban J connectivity index is 2.54. The fraction of sp³-hybridized carbons (Fsp3) is 0.286. The lowest BCUT2D eigenvalue weighted by atomic mass is 10.3. The third-order valence-corrected chi connectivity index (χ3v) is 2.43. The summed E-state index contributed by atoms with van der Waals surface area (Å²) in [4.78, 5) is 0. The van der Waals surface area contributed by atoms with Gasteiger partial charge in [-0.15, -0.1) is 0 Å². The second-order valence-electron chi connectivity index (χ2n) is 2.07. The van der Waals surface area contributed by atoms with Crippen molar-refractivity contribution in [3.05, 3.63) is 23.5 Å². The van der Waals surface area contributed by atoms with Gasteiger partial charge in [-0.05, 0) is 14.0 Å². The van der Waals surface area contributed by atoms with E-state index >= 15 is 0 Å². The topological polar surface area (TPSA) is 9.23 Å². The van der Waals surface area contributed by atoms with Crippen LogP contribution in [0.15, 0.2) is 17.9 Å². The minimum atomic E-state index is 0.885. The molecule has 0 bridgehead atoms. The third kappa shape index (κ3) is 0.818. The van der Waals surface area contributed by atoms with Gasteiger partial charge in [0.05, 0.1) is 6.61 Å². The van der Waals surface area contributed by atoms with E-state index in [1.165, 1.54) is 13.8 Å². The molecule has 2 heteroatoms. The molecule has 0 saturated heterocycles. The first-order chi connectivity index (χ1) is 4.47. The molecule has 0 spiro atoms. The molecule has 1 aromatic rings. The number of hydrogen-bond acceptors (Lipinski definition) is 1. The maximum atomic E-state index is 5.34. The molecule has 1 aliphatic heterocycles. The predicted octanol–water partition coefficient (Wildman–Crippen LogP) is 2.20. The largest absolute Gasteiger partial charge is 0.488 e.